The highest BCUT2D eigenvalue weighted by molar-refractivity contribution is 7.89. The van der Waals surface area contributed by atoms with Crippen molar-refractivity contribution >= 4 is 27.1 Å². The fraction of sp³-hybridized carbons (Fsp3) is 0.318. The maximum atomic E-state index is 13.1. The van der Waals surface area contributed by atoms with Crippen LogP contribution in [0.3, 0.4) is 0 Å². The quantitative estimate of drug-likeness (QED) is 0.435. The van der Waals surface area contributed by atoms with Crippen LogP contribution in [0, 0.1) is 24.0 Å². The van der Waals surface area contributed by atoms with E-state index in [1.807, 2.05) is 56.1 Å². The van der Waals surface area contributed by atoms with E-state index in [9.17, 15) is 18.5 Å². The van der Waals surface area contributed by atoms with Gasteiger partial charge < -0.3 is 10.2 Å². The summed E-state index contributed by atoms with van der Waals surface area (Å²) in [5.74, 6) is 0. The lowest BCUT2D eigenvalue weighted by Crippen LogP contribution is -2.47. The van der Waals surface area contributed by atoms with Gasteiger partial charge in [-0.15, -0.1) is 0 Å². The van der Waals surface area contributed by atoms with Crippen LogP contribution in [-0.2, 0) is 10.0 Å². The summed E-state index contributed by atoms with van der Waals surface area (Å²) in [6.07, 6.45) is 0. The van der Waals surface area contributed by atoms with E-state index in [-0.39, 0.29) is 16.3 Å². The molecule has 3 aromatic rings. The van der Waals surface area contributed by atoms with E-state index >= 15 is 0 Å². The van der Waals surface area contributed by atoms with Gasteiger partial charge in [0.1, 0.15) is 5.69 Å². The van der Waals surface area contributed by atoms with E-state index in [1.54, 1.807) is 4.68 Å². The highest BCUT2D eigenvalue weighted by Gasteiger charge is 2.30. The molecule has 0 bridgehead atoms. The molecule has 33 heavy (non-hydrogen) atoms. The van der Waals surface area contributed by atoms with E-state index in [1.165, 1.54) is 16.4 Å². The molecular formula is C22H26N6O4S. The van der Waals surface area contributed by atoms with Crippen LogP contribution in [0.2, 0.25) is 0 Å². The molecule has 0 amide bonds. The molecule has 11 heteroatoms. The molecule has 2 aromatic carbocycles. The first-order chi connectivity index (χ1) is 15.7. The predicted molar refractivity (Wildman–Crippen MR) is 126 cm³/mol. The lowest BCUT2D eigenvalue weighted by Gasteiger charge is -2.31. The zero-order chi connectivity index (χ0) is 23.8. The summed E-state index contributed by atoms with van der Waals surface area (Å²) in [6, 6.07) is 13.5. The zero-order valence-electron chi connectivity index (χ0n) is 18.7. The molecule has 1 aliphatic heterocycles. The number of aromatic nitrogens is 2. The minimum atomic E-state index is -3.82. The lowest BCUT2D eigenvalue weighted by atomic mass is 10.2. The second-order valence-electron chi connectivity index (χ2n) is 8.06. The number of hydrogen-bond donors (Lipinski definition) is 1. The smallest absolute Gasteiger partial charge is 0.294 e. The number of piperazine rings is 1. The number of benzene rings is 2. The molecular weight excluding hydrogens is 444 g/mol. The number of rotatable bonds is 6. The number of nitro benzene ring substituents is 1. The second-order valence-corrected chi connectivity index (χ2v) is 10.00. The monoisotopic (exact) mass is 470 g/mol. The highest BCUT2D eigenvalue weighted by atomic mass is 32.2. The molecule has 0 aliphatic carbocycles. The van der Waals surface area contributed by atoms with Gasteiger partial charge in [0.25, 0.3) is 5.69 Å². The van der Waals surface area contributed by atoms with Crippen LogP contribution < -0.4 is 5.32 Å². The van der Waals surface area contributed by atoms with Crippen molar-refractivity contribution in [1.29, 1.82) is 0 Å². The maximum absolute atomic E-state index is 13.1. The Labute approximate surface area is 192 Å². The van der Waals surface area contributed by atoms with Crippen molar-refractivity contribution in [2.24, 2.45) is 0 Å². The number of hydrogen-bond acceptors (Lipinski definition) is 7. The van der Waals surface area contributed by atoms with E-state index in [4.69, 9.17) is 0 Å². The van der Waals surface area contributed by atoms with Gasteiger partial charge in [0.05, 0.1) is 32.6 Å². The third-order valence-electron chi connectivity index (χ3n) is 5.82. The lowest BCUT2D eigenvalue weighted by molar-refractivity contribution is -0.384. The van der Waals surface area contributed by atoms with Crippen LogP contribution >= 0.6 is 0 Å². The van der Waals surface area contributed by atoms with Crippen LogP contribution in [0.1, 0.15) is 11.4 Å². The third kappa shape index (κ3) is 4.47. The van der Waals surface area contributed by atoms with Gasteiger partial charge in [0.15, 0.2) is 0 Å². The van der Waals surface area contributed by atoms with Gasteiger partial charge in [0.2, 0.25) is 10.0 Å². The van der Waals surface area contributed by atoms with E-state index < -0.39 is 14.9 Å². The fourth-order valence-electron chi connectivity index (χ4n) is 3.89. The Hall–Kier alpha value is -3.28. The molecule has 2 heterocycles. The summed E-state index contributed by atoms with van der Waals surface area (Å²) in [7, 11) is -1.89. The minimum absolute atomic E-state index is 0.0854. The van der Waals surface area contributed by atoms with Crippen molar-refractivity contribution < 1.29 is 13.3 Å². The number of anilines is 2. The van der Waals surface area contributed by atoms with Crippen molar-refractivity contribution in [2.45, 2.75) is 18.7 Å². The molecule has 1 N–H and O–H groups in total. The Bertz CT molecular complexity index is 1280. The van der Waals surface area contributed by atoms with Gasteiger partial charge in [-0.2, -0.15) is 9.40 Å². The number of nitrogens with zero attached hydrogens (tertiary/aromatic N) is 5. The molecule has 0 saturated carbocycles. The summed E-state index contributed by atoms with van der Waals surface area (Å²) < 4.78 is 29.2. The molecule has 0 atom stereocenters. The van der Waals surface area contributed by atoms with Gasteiger partial charge in [0, 0.05) is 32.2 Å². The number of nitrogens with one attached hydrogen (secondary N) is 1. The van der Waals surface area contributed by atoms with Crippen LogP contribution in [-0.4, -0.2) is 65.6 Å². The SMILES string of the molecule is Cc1nn(-c2ccccc2)c(C)c1Nc1ccc(S(=O)(=O)N2CCN(C)CC2)cc1[N+](=O)[O-]. The van der Waals surface area contributed by atoms with Gasteiger partial charge in [-0.3, -0.25) is 10.1 Å². The molecule has 174 valence electrons. The first kappa shape index (κ1) is 22.9. The van der Waals surface area contributed by atoms with E-state index in [0.717, 1.165) is 17.4 Å². The topological polar surface area (TPSA) is 114 Å². The third-order valence-corrected chi connectivity index (χ3v) is 7.71. The largest absolute Gasteiger partial charge is 0.347 e. The summed E-state index contributed by atoms with van der Waals surface area (Å²) in [5.41, 5.74) is 2.85. The summed E-state index contributed by atoms with van der Waals surface area (Å²) in [6.45, 7) is 5.61. The molecule has 10 nitrogen and oxygen atoms in total. The summed E-state index contributed by atoms with van der Waals surface area (Å²) in [4.78, 5) is 13.2. The average molecular weight is 471 g/mol. The Balaban J connectivity index is 1.68. The number of likely N-dealkylation sites (N-methyl/N-ethyl adjacent to an activating group) is 1. The zero-order valence-corrected chi connectivity index (χ0v) is 19.5. The van der Waals surface area contributed by atoms with Crippen molar-refractivity contribution in [1.82, 2.24) is 19.0 Å². The standard InChI is InChI=1S/C22H26N6O4S/c1-16-22(17(2)27(24-16)18-7-5-4-6-8-18)23-20-10-9-19(15-21(20)28(29)30)33(31,32)26-13-11-25(3)12-14-26/h4-10,15,23H,11-14H2,1-3H3. The molecule has 1 aromatic heterocycles. The van der Waals surface area contributed by atoms with Crippen LogP contribution in [0.5, 0.6) is 0 Å². The first-order valence-electron chi connectivity index (χ1n) is 10.5. The molecule has 1 fully saturated rings. The Kier molecular flexibility index (Phi) is 6.19. The fourth-order valence-corrected chi connectivity index (χ4v) is 5.33. The normalized spacial score (nSPS) is 15.5. The van der Waals surface area contributed by atoms with Crippen LogP contribution in [0.25, 0.3) is 5.69 Å². The van der Waals surface area contributed by atoms with Crippen LogP contribution in [0.15, 0.2) is 53.4 Å². The van der Waals surface area contributed by atoms with Crippen LogP contribution in [0.4, 0.5) is 17.1 Å². The molecule has 1 aliphatic rings. The predicted octanol–water partition coefficient (Wildman–Crippen LogP) is 3.08. The van der Waals surface area contributed by atoms with Gasteiger partial charge in [-0.25, -0.2) is 13.1 Å². The number of sulfonamides is 1. The summed E-state index contributed by atoms with van der Waals surface area (Å²) in [5, 5.41) is 19.5. The van der Waals surface area contributed by atoms with Crippen molar-refractivity contribution in [3.8, 4) is 5.69 Å². The highest BCUT2D eigenvalue weighted by Crippen LogP contribution is 2.34. The molecule has 0 unspecified atom stereocenters. The Morgan fingerprint density at radius 1 is 1.03 bits per heavy atom. The van der Waals surface area contributed by atoms with Gasteiger partial charge in [-0.05, 0) is 45.2 Å². The van der Waals surface area contributed by atoms with Crippen molar-refractivity contribution in [3.05, 3.63) is 70.0 Å². The summed E-state index contributed by atoms with van der Waals surface area (Å²) >= 11 is 0. The van der Waals surface area contributed by atoms with Gasteiger partial charge in [-0.1, -0.05) is 18.2 Å². The maximum Gasteiger partial charge on any atom is 0.294 e. The number of nitro groups is 1. The Morgan fingerprint density at radius 2 is 1.70 bits per heavy atom. The van der Waals surface area contributed by atoms with E-state index in [0.29, 0.717) is 37.6 Å². The number of aryl methyl sites for hydroxylation is 1. The Morgan fingerprint density at radius 3 is 2.33 bits per heavy atom. The van der Waals surface area contributed by atoms with Gasteiger partial charge >= 0.3 is 0 Å². The molecule has 0 spiro atoms. The average Bonchev–Trinajstić information content (AvgIpc) is 3.08. The minimum Gasteiger partial charge on any atom is -0.347 e. The number of para-hydroxylation sites is 1. The van der Waals surface area contributed by atoms with Crippen molar-refractivity contribution in [3.63, 3.8) is 0 Å². The van der Waals surface area contributed by atoms with Crippen molar-refractivity contribution in [2.75, 3.05) is 38.5 Å². The molecule has 4 rings (SSSR count). The molecule has 1 saturated heterocycles. The second kappa shape index (κ2) is 8.93. The molecule has 0 radical (unpaired) electrons. The first-order valence-corrected chi connectivity index (χ1v) is 12.0. The van der Waals surface area contributed by atoms with E-state index in [2.05, 4.69) is 10.4 Å².